The number of nitro groups is 1. The summed E-state index contributed by atoms with van der Waals surface area (Å²) in [6.07, 6.45) is -3.06. The van der Waals surface area contributed by atoms with Gasteiger partial charge in [-0.05, 0) is 16.8 Å². The van der Waals surface area contributed by atoms with E-state index >= 15 is 0 Å². The van der Waals surface area contributed by atoms with Crippen molar-refractivity contribution < 1.29 is 23.2 Å². The van der Waals surface area contributed by atoms with Crippen LogP contribution in [0.2, 0.25) is 5.02 Å². The van der Waals surface area contributed by atoms with Crippen molar-refractivity contribution in [3.8, 4) is 0 Å². The second-order valence-electron chi connectivity index (χ2n) is 3.01. The molecule has 0 saturated carbocycles. The number of aromatic nitrogens is 1. The zero-order valence-corrected chi connectivity index (χ0v) is 9.78. The number of pyridine rings is 1. The molecular weight excluding hydrogens is 274 g/mol. The summed E-state index contributed by atoms with van der Waals surface area (Å²) >= 11 is 5.56. The Morgan fingerprint density at radius 2 is 2.28 bits per heavy atom. The maximum absolute atomic E-state index is 12.5. The van der Waals surface area contributed by atoms with Crippen molar-refractivity contribution in [3.63, 3.8) is 0 Å². The molecule has 0 N–H and O–H groups in total. The Labute approximate surface area is 105 Å². The lowest BCUT2D eigenvalue weighted by atomic mass is 10.2. The fourth-order valence-electron chi connectivity index (χ4n) is 1.13. The van der Waals surface area contributed by atoms with E-state index < -0.39 is 39.4 Å². The first kappa shape index (κ1) is 14.2. The number of carbonyl (C=O) groups is 1. The minimum Gasteiger partial charge on any atom is -0.462 e. The number of hydrogen-bond donors (Lipinski definition) is 0. The van der Waals surface area contributed by atoms with Gasteiger partial charge in [0.15, 0.2) is 5.02 Å². The van der Waals surface area contributed by atoms with Crippen LogP contribution in [0.3, 0.4) is 0 Å². The average molecular weight is 281 g/mol. The van der Waals surface area contributed by atoms with Crippen LogP contribution in [0.25, 0.3) is 0 Å². The van der Waals surface area contributed by atoms with Crippen molar-refractivity contribution in [2.75, 3.05) is 6.61 Å². The number of alkyl halides is 2. The Morgan fingerprint density at radius 1 is 1.67 bits per heavy atom. The van der Waals surface area contributed by atoms with E-state index in [1.54, 1.807) is 0 Å². The van der Waals surface area contributed by atoms with E-state index in [1.165, 1.54) is 6.92 Å². The maximum Gasteiger partial charge on any atom is 0.383 e. The number of esters is 1. The van der Waals surface area contributed by atoms with Gasteiger partial charge in [0, 0.05) is 6.07 Å². The van der Waals surface area contributed by atoms with Crippen molar-refractivity contribution in [2.45, 2.75) is 13.3 Å². The van der Waals surface area contributed by atoms with E-state index in [1.807, 2.05) is 0 Å². The van der Waals surface area contributed by atoms with Crippen LogP contribution in [-0.4, -0.2) is 22.5 Å². The highest BCUT2D eigenvalue weighted by molar-refractivity contribution is 6.35. The second-order valence-corrected chi connectivity index (χ2v) is 3.39. The molecule has 0 aliphatic carbocycles. The number of halogens is 3. The summed E-state index contributed by atoms with van der Waals surface area (Å²) in [6.45, 7) is 1.48. The van der Waals surface area contributed by atoms with Gasteiger partial charge in [-0.2, -0.15) is 0 Å². The third kappa shape index (κ3) is 2.89. The Kier molecular flexibility index (Phi) is 4.49. The van der Waals surface area contributed by atoms with Gasteiger partial charge in [0.2, 0.25) is 5.69 Å². The summed E-state index contributed by atoms with van der Waals surface area (Å²) < 4.78 is 29.5. The SMILES string of the molecule is CCOC(=O)c1cc(C(F)F)nc([N+](=O)[O-])c1Cl. The number of carbonyl (C=O) groups excluding carboxylic acids is 1. The Hall–Kier alpha value is -1.83. The summed E-state index contributed by atoms with van der Waals surface area (Å²) in [5.74, 6) is -2.02. The molecule has 0 bridgehead atoms. The molecule has 0 amide bonds. The lowest BCUT2D eigenvalue weighted by Crippen LogP contribution is -2.09. The molecule has 0 saturated heterocycles. The molecular formula is C9H7ClF2N2O4. The summed E-state index contributed by atoms with van der Waals surface area (Å²) in [5.41, 5.74) is -1.41. The van der Waals surface area contributed by atoms with E-state index in [0.29, 0.717) is 6.07 Å². The zero-order valence-electron chi connectivity index (χ0n) is 9.02. The Bertz CT molecular complexity index is 496. The van der Waals surface area contributed by atoms with Crippen LogP contribution in [0.5, 0.6) is 0 Å². The quantitative estimate of drug-likeness (QED) is 0.481. The number of nitrogens with zero attached hydrogens (tertiary/aromatic N) is 2. The molecule has 18 heavy (non-hydrogen) atoms. The molecule has 0 fully saturated rings. The molecule has 1 aromatic heterocycles. The highest BCUT2D eigenvalue weighted by Gasteiger charge is 2.28. The fraction of sp³-hybridized carbons (Fsp3) is 0.333. The topological polar surface area (TPSA) is 82.3 Å². The number of rotatable bonds is 4. The van der Waals surface area contributed by atoms with Crippen molar-refractivity contribution >= 4 is 23.4 Å². The number of ether oxygens (including phenoxy) is 1. The summed E-state index contributed by atoms with van der Waals surface area (Å²) in [6, 6.07) is 0.679. The Balaban J connectivity index is 3.40. The molecule has 6 nitrogen and oxygen atoms in total. The van der Waals surface area contributed by atoms with Crippen LogP contribution in [0.4, 0.5) is 14.6 Å². The first-order valence-corrected chi connectivity index (χ1v) is 5.06. The van der Waals surface area contributed by atoms with E-state index in [2.05, 4.69) is 9.72 Å². The molecule has 98 valence electrons. The standard InChI is InChI=1S/C9H7ClF2N2O4/c1-2-18-9(15)4-3-5(7(11)12)13-8(6(4)10)14(16)17/h3,7H,2H2,1H3. The largest absolute Gasteiger partial charge is 0.462 e. The normalized spacial score (nSPS) is 10.5. The molecule has 0 unspecified atom stereocenters. The highest BCUT2D eigenvalue weighted by Crippen LogP contribution is 2.30. The van der Waals surface area contributed by atoms with Gasteiger partial charge in [0.1, 0.15) is 0 Å². The molecule has 0 aliphatic rings. The van der Waals surface area contributed by atoms with Gasteiger partial charge in [-0.3, -0.25) is 0 Å². The predicted molar refractivity (Wildman–Crippen MR) is 56.8 cm³/mol. The number of hydrogen-bond acceptors (Lipinski definition) is 5. The van der Waals surface area contributed by atoms with Gasteiger partial charge in [-0.25, -0.2) is 13.6 Å². The predicted octanol–water partition coefficient (Wildman–Crippen LogP) is 2.76. The van der Waals surface area contributed by atoms with Crippen LogP contribution in [0, 0.1) is 10.1 Å². The summed E-state index contributed by atoms with van der Waals surface area (Å²) in [5, 5.41) is 9.97. The summed E-state index contributed by atoms with van der Waals surface area (Å²) in [7, 11) is 0. The zero-order chi connectivity index (χ0) is 13.9. The van der Waals surface area contributed by atoms with Gasteiger partial charge >= 0.3 is 18.2 Å². The Morgan fingerprint density at radius 3 is 2.72 bits per heavy atom. The maximum atomic E-state index is 12.5. The lowest BCUT2D eigenvalue weighted by Gasteiger charge is -2.05. The lowest BCUT2D eigenvalue weighted by molar-refractivity contribution is -0.389. The van der Waals surface area contributed by atoms with Crippen LogP contribution in [0.15, 0.2) is 6.07 Å². The smallest absolute Gasteiger partial charge is 0.383 e. The minimum atomic E-state index is -3.06. The van der Waals surface area contributed by atoms with E-state index in [9.17, 15) is 23.7 Å². The van der Waals surface area contributed by atoms with Gasteiger partial charge in [0.05, 0.1) is 12.2 Å². The van der Waals surface area contributed by atoms with Crippen molar-refractivity contribution in [1.82, 2.24) is 4.98 Å². The van der Waals surface area contributed by atoms with Crippen LogP contribution < -0.4 is 0 Å². The summed E-state index contributed by atoms with van der Waals surface area (Å²) in [4.78, 5) is 24.0. The van der Waals surface area contributed by atoms with Crippen LogP contribution in [-0.2, 0) is 4.74 Å². The van der Waals surface area contributed by atoms with E-state index in [0.717, 1.165) is 0 Å². The molecule has 1 heterocycles. The highest BCUT2D eigenvalue weighted by atomic mass is 35.5. The molecule has 0 aliphatic heterocycles. The molecule has 0 radical (unpaired) electrons. The fourth-order valence-corrected chi connectivity index (χ4v) is 1.37. The van der Waals surface area contributed by atoms with E-state index in [-0.39, 0.29) is 6.61 Å². The van der Waals surface area contributed by atoms with Gasteiger partial charge in [-0.1, -0.05) is 11.6 Å². The van der Waals surface area contributed by atoms with Crippen molar-refractivity contribution in [3.05, 3.63) is 32.5 Å². The van der Waals surface area contributed by atoms with Crippen molar-refractivity contribution in [2.24, 2.45) is 0 Å². The molecule has 0 spiro atoms. The third-order valence-electron chi connectivity index (χ3n) is 1.85. The van der Waals surface area contributed by atoms with Crippen LogP contribution >= 0.6 is 11.6 Å². The molecule has 0 atom stereocenters. The van der Waals surface area contributed by atoms with Gasteiger partial charge < -0.3 is 14.9 Å². The molecule has 1 aromatic rings. The minimum absolute atomic E-state index is 0.0186. The first-order chi connectivity index (χ1) is 8.38. The molecule has 9 heteroatoms. The molecule has 0 aromatic carbocycles. The third-order valence-corrected chi connectivity index (χ3v) is 2.22. The van der Waals surface area contributed by atoms with Gasteiger partial charge in [-0.15, -0.1) is 0 Å². The average Bonchev–Trinajstić information content (AvgIpc) is 2.28. The van der Waals surface area contributed by atoms with Crippen molar-refractivity contribution in [1.29, 1.82) is 0 Å². The van der Waals surface area contributed by atoms with Gasteiger partial charge in [0.25, 0.3) is 0 Å². The first-order valence-electron chi connectivity index (χ1n) is 4.68. The van der Waals surface area contributed by atoms with E-state index in [4.69, 9.17) is 11.6 Å². The monoisotopic (exact) mass is 280 g/mol. The second kappa shape index (κ2) is 5.67. The van der Waals surface area contributed by atoms with Crippen LogP contribution in [0.1, 0.15) is 29.4 Å². The molecule has 1 rings (SSSR count).